The average Bonchev–Trinajstić information content (AvgIpc) is 2.90. The van der Waals surface area contributed by atoms with E-state index in [-0.39, 0.29) is 18.1 Å². The third-order valence-corrected chi connectivity index (χ3v) is 6.85. The number of amides is 1. The molecule has 0 spiro atoms. The molecule has 0 heterocycles. The van der Waals surface area contributed by atoms with Crippen LogP contribution in [-0.4, -0.2) is 36.5 Å². The van der Waals surface area contributed by atoms with Crippen molar-refractivity contribution in [1.82, 2.24) is 5.32 Å². The zero-order valence-corrected chi connectivity index (χ0v) is 22.9. The Balaban J connectivity index is 2.27. The molecular formula is C30H36F3NO5. The summed E-state index contributed by atoms with van der Waals surface area (Å²) in [6.07, 6.45) is -5.32. The third-order valence-electron chi connectivity index (χ3n) is 6.85. The second-order valence-electron chi connectivity index (χ2n) is 10.0. The lowest BCUT2D eigenvalue weighted by molar-refractivity contribution is -0.177. The molecule has 0 fully saturated rings. The van der Waals surface area contributed by atoms with Gasteiger partial charge in [0.25, 0.3) is 0 Å². The minimum atomic E-state index is -5.09. The maximum Gasteiger partial charge on any atom is 0.450 e. The van der Waals surface area contributed by atoms with Gasteiger partial charge in [0.05, 0.1) is 7.11 Å². The zero-order chi connectivity index (χ0) is 29.3. The van der Waals surface area contributed by atoms with Crippen LogP contribution < -0.4 is 10.1 Å². The van der Waals surface area contributed by atoms with E-state index in [1.165, 1.54) is 33.1 Å². The normalized spacial score (nSPS) is 14.7. The van der Waals surface area contributed by atoms with Gasteiger partial charge in [-0.15, -0.1) is 0 Å². The summed E-state index contributed by atoms with van der Waals surface area (Å²) in [5.74, 6) is -6.49. The van der Waals surface area contributed by atoms with E-state index in [2.05, 4.69) is 5.32 Å². The first-order valence-electron chi connectivity index (χ1n) is 13.0. The summed E-state index contributed by atoms with van der Waals surface area (Å²) < 4.78 is 44.7. The van der Waals surface area contributed by atoms with E-state index in [0.717, 1.165) is 5.56 Å². The van der Waals surface area contributed by atoms with Crippen LogP contribution in [0.5, 0.6) is 5.75 Å². The predicted octanol–water partition coefficient (Wildman–Crippen LogP) is 6.00. The molecule has 0 saturated carbocycles. The standard InChI is InChI=1S/C30H36F3NO5/c1-6-23(20-10-8-7-9-11-20)25(35)16-19(4)29(38)34-27(21-12-14-22(39-5)15-13-21)26(36)17-24(18(2)3)28(37)30(31,32)33/h7-15,18-19,23-24,27H,6,16-17H2,1-5H3,(H,34,38)/t19-,23?,24+,27+/m1/s1. The van der Waals surface area contributed by atoms with Crippen molar-refractivity contribution in [1.29, 1.82) is 0 Å². The fourth-order valence-corrected chi connectivity index (χ4v) is 4.48. The lowest BCUT2D eigenvalue weighted by Crippen LogP contribution is -2.41. The Morgan fingerprint density at radius 1 is 0.846 bits per heavy atom. The summed E-state index contributed by atoms with van der Waals surface area (Å²) in [5.41, 5.74) is 1.17. The first-order valence-corrected chi connectivity index (χ1v) is 13.0. The number of benzene rings is 2. The Bertz CT molecular complexity index is 1130. The van der Waals surface area contributed by atoms with Gasteiger partial charge in [0.1, 0.15) is 17.6 Å². The van der Waals surface area contributed by atoms with Crippen molar-refractivity contribution in [2.45, 2.75) is 65.1 Å². The highest BCUT2D eigenvalue weighted by molar-refractivity contribution is 5.96. The molecule has 0 aliphatic rings. The second kappa shape index (κ2) is 14.1. The van der Waals surface area contributed by atoms with Gasteiger partial charge in [-0.3, -0.25) is 19.2 Å². The molecule has 1 N–H and O–H groups in total. The van der Waals surface area contributed by atoms with Gasteiger partial charge >= 0.3 is 6.18 Å². The lowest BCUT2D eigenvalue weighted by Gasteiger charge is -2.25. The van der Waals surface area contributed by atoms with Gasteiger partial charge in [-0.25, -0.2) is 0 Å². The topological polar surface area (TPSA) is 89.5 Å². The largest absolute Gasteiger partial charge is 0.497 e. The van der Waals surface area contributed by atoms with Crippen LogP contribution in [0.3, 0.4) is 0 Å². The maximum atomic E-state index is 13.3. The summed E-state index contributed by atoms with van der Waals surface area (Å²) >= 11 is 0. The summed E-state index contributed by atoms with van der Waals surface area (Å²) in [6.45, 7) is 6.32. The van der Waals surface area contributed by atoms with E-state index in [1.54, 1.807) is 19.1 Å². The van der Waals surface area contributed by atoms with Gasteiger partial charge in [-0.1, -0.05) is 70.2 Å². The number of halogens is 3. The highest BCUT2D eigenvalue weighted by atomic mass is 19.4. The highest BCUT2D eigenvalue weighted by Crippen LogP contribution is 2.31. The number of nitrogens with one attached hydrogen (secondary N) is 1. The Kier molecular flexibility index (Phi) is 11.4. The van der Waals surface area contributed by atoms with E-state index >= 15 is 0 Å². The third kappa shape index (κ3) is 8.76. The number of Topliss-reactive ketones (excluding diaryl/α,β-unsaturated/α-hetero) is 3. The van der Waals surface area contributed by atoms with Crippen LogP contribution in [0.15, 0.2) is 54.6 Å². The molecule has 0 radical (unpaired) electrons. The average molecular weight is 548 g/mol. The predicted molar refractivity (Wildman–Crippen MR) is 141 cm³/mol. The molecule has 0 aliphatic heterocycles. The van der Waals surface area contributed by atoms with Crippen LogP contribution in [0.4, 0.5) is 13.2 Å². The minimum absolute atomic E-state index is 0.0794. The maximum absolute atomic E-state index is 13.3. The van der Waals surface area contributed by atoms with Gasteiger partial charge in [0.15, 0.2) is 5.78 Å². The van der Waals surface area contributed by atoms with Gasteiger partial charge in [0, 0.05) is 30.6 Å². The van der Waals surface area contributed by atoms with Crippen molar-refractivity contribution < 1.29 is 37.1 Å². The first kappa shape index (κ1) is 31.7. The number of alkyl halides is 3. The molecule has 9 heteroatoms. The highest BCUT2D eigenvalue weighted by Gasteiger charge is 2.45. The first-order chi connectivity index (χ1) is 18.3. The summed E-state index contributed by atoms with van der Waals surface area (Å²) in [4.78, 5) is 51.6. The molecule has 0 aromatic heterocycles. The van der Waals surface area contributed by atoms with Gasteiger partial charge in [-0.2, -0.15) is 13.2 Å². The van der Waals surface area contributed by atoms with Crippen LogP contribution in [0.1, 0.15) is 70.0 Å². The number of carbonyl (C=O) groups excluding carboxylic acids is 4. The number of carbonyl (C=O) groups is 4. The van der Waals surface area contributed by atoms with Gasteiger partial charge in [0.2, 0.25) is 11.7 Å². The van der Waals surface area contributed by atoms with Crippen molar-refractivity contribution in [2.75, 3.05) is 7.11 Å². The molecule has 2 aromatic rings. The van der Waals surface area contributed by atoms with E-state index in [9.17, 15) is 32.3 Å². The summed E-state index contributed by atoms with van der Waals surface area (Å²) in [6, 6.07) is 14.1. The summed E-state index contributed by atoms with van der Waals surface area (Å²) in [5, 5.41) is 2.62. The molecule has 1 amide bonds. The minimum Gasteiger partial charge on any atom is -0.497 e. The Labute approximate surface area is 227 Å². The van der Waals surface area contributed by atoms with E-state index in [1.807, 2.05) is 37.3 Å². The lowest BCUT2D eigenvalue weighted by atomic mass is 9.84. The zero-order valence-electron chi connectivity index (χ0n) is 22.9. The molecule has 4 atom stereocenters. The smallest absolute Gasteiger partial charge is 0.450 e. The summed E-state index contributed by atoms with van der Waals surface area (Å²) in [7, 11) is 1.45. The van der Waals surface area contributed by atoms with Crippen molar-refractivity contribution in [3.05, 3.63) is 65.7 Å². The van der Waals surface area contributed by atoms with Crippen LogP contribution in [0.2, 0.25) is 0 Å². The quantitative estimate of drug-likeness (QED) is 0.313. The van der Waals surface area contributed by atoms with Crippen LogP contribution in [0, 0.1) is 17.8 Å². The Hall–Kier alpha value is -3.49. The molecule has 1 unspecified atom stereocenters. The number of ketones is 3. The Morgan fingerprint density at radius 3 is 1.92 bits per heavy atom. The van der Waals surface area contributed by atoms with Crippen molar-refractivity contribution >= 4 is 23.3 Å². The van der Waals surface area contributed by atoms with Crippen molar-refractivity contribution in [2.24, 2.45) is 17.8 Å². The molecule has 2 aromatic carbocycles. The van der Waals surface area contributed by atoms with Crippen LogP contribution in [0.25, 0.3) is 0 Å². The molecule has 0 saturated heterocycles. The SMILES string of the molecule is CCC(C(=O)C[C@@H](C)C(=O)N[C@H](C(=O)C[C@H](C(=O)C(F)(F)F)C(C)C)c1ccc(OC)cc1)c1ccccc1. The second-order valence-corrected chi connectivity index (χ2v) is 10.0. The van der Waals surface area contributed by atoms with Gasteiger partial charge < -0.3 is 10.1 Å². The monoisotopic (exact) mass is 547 g/mol. The van der Waals surface area contributed by atoms with Crippen molar-refractivity contribution in [3.8, 4) is 5.75 Å². The number of ether oxygens (including phenoxy) is 1. The molecule has 0 aliphatic carbocycles. The Morgan fingerprint density at radius 2 is 1.44 bits per heavy atom. The molecule has 6 nitrogen and oxygen atoms in total. The number of hydrogen-bond acceptors (Lipinski definition) is 5. The molecule has 2 rings (SSSR count). The molecule has 0 bridgehead atoms. The number of hydrogen-bond donors (Lipinski definition) is 1. The number of methoxy groups -OCH3 is 1. The fourth-order valence-electron chi connectivity index (χ4n) is 4.48. The van der Waals surface area contributed by atoms with Crippen molar-refractivity contribution in [3.63, 3.8) is 0 Å². The fraction of sp³-hybridized carbons (Fsp3) is 0.467. The molecule has 212 valence electrons. The van der Waals surface area contributed by atoms with E-state index in [0.29, 0.717) is 17.7 Å². The van der Waals surface area contributed by atoms with Gasteiger partial charge in [-0.05, 0) is 35.6 Å². The van der Waals surface area contributed by atoms with Crippen LogP contribution >= 0.6 is 0 Å². The molecule has 39 heavy (non-hydrogen) atoms. The van der Waals surface area contributed by atoms with E-state index < -0.39 is 53.9 Å². The van der Waals surface area contributed by atoms with E-state index in [4.69, 9.17) is 4.74 Å². The van der Waals surface area contributed by atoms with Crippen LogP contribution in [-0.2, 0) is 19.2 Å². The molecular weight excluding hydrogens is 511 g/mol. The number of rotatable bonds is 14.